The molecule has 1 amide bonds. The number of hydrogen-bond acceptors (Lipinski definition) is 5. The van der Waals surface area contributed by atoms with Gasteiger partial charge in [0.25, 0.3) is 5.91 Å². The molecular formula is C19H17FN2O4. The third kappa shape index (κ3) is 3.23. The topological polar surface area (TPSA) is 69.2 Å². The highest BCUT2D eigenvalue weighted by Gasteiger charge is 2.26. The zero-order valence-corrected chi connectivity index (χ0v) is 14.5. The monoisotopic (exact) mass is 356 g/mol. The van der Waals surface area contributed by atoms with Gasteiger partial charge < -0.3 is 19.5 Å². The normalized spacial score (nSPS) is 14.8. The minimum absolute atomic E-state index is 0.122. The number of amides is 1. The Bertz CT molecular complexity index is 900. The highest BCUT2D eigenvalue weighted by molar-refractivity contribution is 6.21. The van der Waals surface area contributed by atoms with E-state index in [1.54, 1.807) is 18.2 Å². The molecular weight excluding hydrogens is 339 g/mol. The van der Waals surface area contributed by atoms with E-state index in [-0.39, 0.29) is 5.70 Å². The van der Waals surface area contributed by atoms with E-state index in [0.717, 1.165) is 0 Å². The molecule has 134 valence electrons. The molecule has 0 aromatic heterocycles. The summed E-state index contributed by atoms with van der Waals surface area (Å²) in [6.45, 7) is 0. The highest BCUT2D eigenvalue weighted by Crippen LogP contribution is 2.31. The van der Waals surface area contributed by atoms with Crippen LogP contribution >= 0.6 is 0 Å². The molecule has 0 bridgehead atoms. The number of nitrogens with one attached hydrogen (secondary N) is 1. The lowest BCUT2D eigenvalue weighted by Gasteiger charge is -2.12. The molecule has 0 saturated heterocycles. The average Bonchev–Trinajstić information content (AvgIpc) is 3.01. The van der Waals surface area contributed by atoms with Gasteiger partial charge in [0.1, 0.15) is 40.2 Å². The van der Waals surface area contributed by atoms with E-state index in [0.29, 0.717) is 34.2 Å². The standard InChI is InChI=1S/C19H17FN2O4/c1-24-14-8-7-12(20)9-11(14)10-13-19(23)22-18(21-13)17-15(25-2)5-4-6-16(17)26-3/h4-10H,1-3H3,(H,21,22,23)/b13-10+. The number of methoxy groups -OCH3 is 3. The van der Waals surface area contributed by atoms with Gasteiger partial charge >= 0.3 is 0 Å². The minimum Gasteiger partial charge on any atom is -0.496 e. The first-order valence-corrected chi connectivity index (χ1v) is 7.74. The molecule has 2 aromatic rings. The van der Waals surface area contributed by atoms with Gasteiger partial charge in [-0.2, -0.15) is 0 Å². The largest absolute Gasteiger partial charge is 0.496 e. The Hall–Kier alpha value is -3.35. The molecule has 26 heavy (non-hydrogen) atoms. The van der Waals surface area contributed by atoms with Gasteiger partial charge in [-0.05, 0) is 36.4 Å². The molecule has 2 aromatic carbocycles. The molecule has 7 heteroatoms. The summed E-state index contributed by atoms with van der Waals surface area (Å²) in [4.78, 5) is 16.7. The van der Waals surface area contributed by atoms with Crippen LogP contribution in [-0.4, -0.2) is 33.1 Å². The fourth-order valence-electron chi connectivity index (χ4n) is 2.64. The molecule has 1 aliphatic rings. The molecule has 0 aliphatic carbocycles. The van der Waals surface area contributed by atoms with Crippen LogP contribution in [0.4, 0.5) is 4.39 Å². The van der Waals surface area contributed by atoms with Crippen molar-refractivity contribution in [3.8, 4) is 17.2 Å². The van der Waals surface area contributed by atoms with Crippen LogP contribution in [0.1, 0.15) is 11.1 Å². The molecule has 0 atom stereocenters. The fourth-order valence-corrected chi connectivity index (χ4v) is 2.64. The van der Waals surface area contributed by atoms with Crippen LogP contribution in [-0.2, 0) is 4.79 Å². The number of amidine groups is 1. The van der Waals surface area contributed by atoms with Crippen LogP contribution in [0.25, 0.3) is 6.08 Å². The average molecular weight is 356 g/mol. The molecule has 0 fully saturated rings. The number of rotatable bonds is 5. The minimum atomic E-state index is -0.438. The Morgan fingerprint density at radius 2 is 1.65 bits per heavy atom. The van der Waals surface area contributed by atoms with Gasteiger partial charge in [0.05, 0.1) is 21.3 Å². The van der Waals surface area contributed by atoms with E-state index in [9.17, 15) is 9.18 Å². The molecule has 1 heterocycles. The molecule has 1 N–H and O–H groups in total. The first-order valence-electron chi connectivity index (χ1n) is 7.74. The van der Waals surface area contributed by atoms with E-state index >= 15 is 0 Å². The van der Waals surface area contributed by atoms with Crippen molar-refractivity contribution >= 4 is 17.8 Å². The van der Waals surface area contributed by atoms with Crippen molar-refractivity contribution in [2.24, 2.45) is 4.99 Å². The number of halogens is 1. The van der Waals surface area contributed by atoms with E-state index in [2.05, 4.69) is 10.3 Å². The maximum atomic E-state index is 13.5. The SMILES string of the molecule is COc1ccc(F)cc1/C=C1/N=C(c2c(OC)cccc2OC)NC1=O. The zero-order valence-electron chi connectivity index (χ0n) is 14.5. The molecule has 0 unspecified atom stereocenters. The summed E-state index contributed by atoms with van der Waals surface area (Å²) in [5.74, 6) is 0.892. The number of benzene rings is 2. The predicted octanol–water partition coefficient (Wildman–Crippen LogP) is 2.77. The Morgan fingerprint density at radius 1 is 1.00 bits per heavy atom. The van der Waals surface area contributed by atoms with Crippen molar-refractivity contribution in [3.05, 3.63) is 59.0 Å². The van der Waals surface area contributed by atoms with Crippen LogP contribution < -0.4 is 19.5 Å². The molecule has 3 rings (SSSR count). The Morgan fingerprint density at radius 3 is 2.27 bits per heavy atom. The number of carbonyl (C=O) groups is 1. The fraction of sp³-hybridized carbons (Fsp3) is 0.158. The smallest absolute Gasteiger partial charge is 0.275 e. The van der Waals surface area contributed by atoms with Crippen LogP contribution in [0.15, 0.2) is 47.1 Å². The first kappa shape index (κ1) is 17.5. The van der Waals surface area contributed by atoms with Gasteiger partial charge in [-0.3, -0.25) is 4.79 Å². The second-order valence-electron chi connectivity index (χ2n) is 5.37. The van der Waals surface area contributed by atoms with Crippen molar-refractivity contribution in [2.75, 3.05) is 21.3 Å². The van der Waals surface area contributed by atoms with Crippen LogP contribution in [0.3, 0.4) is 0 Å². The Labute approximate surface area is 149 Å². The summed E-state index contributed by atoms with van der Waals surface area (Å²) in [5.41, 5.74) is 1.06. The summed E-state index contributed by atoms with van der Waals surface area (Å²) in [6, 6.07) is 9.29. The molecule has 0 spiro atoms. The lowest BCUT2D eigenvalue weighted by Crippen LogP contribution is -2.25. The van der Waals surface area contributed by atoms with E-state index in [1.165, 1.54) is 45.6 Å². The number of ether oxygens (including phenoxy) is 3. The predicted molar refractivity (Wildman–Crippen MR) is 95.2 cm³/mol. The lowest BCUT2D eigenvalue weighted by molar-refractivity contribution is -0.115. The van der Waals surface area contributed by atoms with Crippen molar-refractivity contribution in [1.82, 2.24) is 5.32 Å². The summed E-state index contributed by atoms with van der Waals surface area (Å²) >= 11 is 0. The zero-order chi connectivity index (χ0) is 18.7. The van der Waals surface area contributed by atoms with Crippen molar-refractivity contribution in [2.45, 2.75) is 0 Å². The maximum Gasteiger partial charge on any atom is 0.275 e. The van der Waals surface area contributed by atoms with E-state index in [4.69, 9.17) is 14.2 Å². The first-order chi connectivity index (χ1) is 12.6. The van der Waals surface area contributed by atoms with Gasteiger partial charge in [0, 0.05) is 5.56 Å². The van der Waals surface area contributed by atoms with Gasteiger partial charge in [-0.1, -0.05) is 6.07 Å². The van der Waals surface area contributed by atoms with Crippen LogP contribution in [0, 0.1) is 5.82 Å². The van der Waals surface area contributed by atoms with Gasteiger partial charge in [-0.25, -0.2) is 9.38 Å². The van der Waals surface area contributed by atoms with Crippen molar-refractivity contribution in [3.63, 3.8) is 0 Å². The van der Waals surface area contributed by atoms with Crippen LogP contribution in [0.5, 0.6) is 17.2 Å². The third-order valence-corrected chi connectivity index (χ3v) is 3.85. The maximum absolute atomic E-state index is 13.5. The molecule has 0 radical (unpaired) electrons. The molecule has 6 nitrogen and oxygen atoms in total. The number of aliphatic imine (C=N–C) groups is 1. The quantitative estimate of drug-likeness (QED) is 0.837. The van der Waals surface area contributed by atoms with Crippen molar-refractivity contribution in [1.29, 1.82) is 0 Å². The highest BCUT2D eigenvalue weighted by atomic mass is 19.1. The lowest BCUT2D eigenvalue weighted by atomic mass is 10.1. The Balaban J connectivity index is 2.08. The van der Waals surface area contributed by atoms with Crippen LogP contribution in [0.2, 0.25) is 0 Å². The van der Waals surface area contributed by atoms with Crippen molar-refractivity contribution < 1.29 is 23.4 Å². The van der Waals surface area contributed by atoms with Gasteiger partial charge in [-0.15, -0.1) is 0 Å². The van der Waals surface area contributed by atoms with E-state index < -0.39 is 11.7 Å². The summed E-state index contributed by atoms with van der Waals surface area (Å²) < 4.78 is 29.4. The number of carbonyl (C=O) groups excluding carboxylic acids is 1. The summed E-state index contributed by atoms with van der Waals surface area (Å²) in [6.07, 6.45) is 1.46. The summed E-state index contributed by atoms with van der Waals surface area (Å²) in [7, 11) is 4.51. The van der Waals surface area contributed by atoms with Gasteiger partial charge in [0.2, 0.25) is 0 Å². The molecule has 0 saturated carbocycles. The summed E-state index contributed by atoms with van der Waals surface area (Å²) in [5, 5.41) is 2.69. The second kappa shape index (κ2) is 7.26. The number of hydrogen-bond donors (Lipinski definition) is 1. The van der Waals surface area contributed by atoms with Gasteiger partial charge in [0.15, 0.2) is 0 Å². The second-order valence-corrected chi connectivity index (χ2v) is 5.37. The molecule has 1 aliphatic heterocycles. The Kier molecular flexibility index (Phi) is 4.88. The van der Waals surface area contributed by atoms with E-state index in [1.807, 2.05) is 0 Å². The third-order valence-electron chi connectivity index (χ3n) is 3.85. The number of nitrogens with zero attached hydrogens (tertiary/aromatic N) is 1.